The van der Waals surface area contributed by atoms with E-state index in [4.69, 9.17) is 0 Å². The molecule has 6 nitrogen and oxygen atoms in total. The molecule has 0 unspecified atom stereocenters. The highest BCUT2D eigenvalue weighted by molar-refractivity contribution is 7.89. The Kier molecular flexibility index (Phi) is 8.95. The summed E-state index contributed by atoms with van der Waals surface area (Å²) in [6, 6.07) is 13.4. The van der Waals surface area contributed by atoms with Crippen LogP contribution >= 0.6 is 0 Å². The summed E-state index contributed by atoms with van der Waals surface area (Å²) in [4.78, 5) is 14.5. The van der Waals surface area contributed by atoms with Crippen molar-refractivity contribution < 1.29 is 17.6 Å². The first kappa shape index (κ1) is 24.0. The first-order valence-electron chi connectivity index (χ1n) is 10.1. The molecular weight excluding hydrogens is 405 g/mol. The number of amides is 1. The van der Waals surface area contributed by atoms with Crippen LogP contribution < -0.4 is 5.32 Å². The van der Waals surface area contributed by atoms with Gasteiger partial charge in [0.25, 0.3) is 5.91 Å². The van der Waals surface area contributed by atoms with Gasteiger partial charge in [0.05, 0.1) is 10.5 Å². The molecule has 0 aromatic heterocycles. The first-order chi connectivity index (χ1) is 14.3. The van der Waals surface area contributed by atoms with E-state index in [9.17, 15) is 17.6 Å². The summed E-state index contributed by atoms with van der Waals surface area (Å²) in [6.45, 7) is 5.98. The smallest absolute Gasteiger partial charge is 0.254 e. The van der Waals surface area contributed by atoms with Gasteiger partial charge in [-0.05, 0) is 43.8 Å². The summed E-state index contributed by atoms with van der Waals surface area (Å²) < 4.78 is 40.7. The van der Waals surface area contributed by atoms with Crippen LogP contribution in [-0.4, -0.2) is 56.8 Å². The molecule has 1 amide bonds. The molecule has 0 heterocycles. The fourth-order valence-electron chi connectivity index (χ4n) is 3.17. The van der Waals surface area contributed by atoms with Crippen LogP contribution in [0.25, 0.3) is 0 Å². The third-order valence-corrected chi connectivity index (χ3v) is 6.87. The Morgan fingerprint density at radius 1 is 1.07 bits per heavy atom. The van der Waals surface area contributed by atoms with Gasteiger partial charge in [-0.3, -0.25) is 4.79 Å². The molecule has 0 saturated heterocycles. The number of nitrogens with one attached hydrogen (secondary N) is 1. The molecule has 2 aromatic rings. The minimum atomic E-state index is -3.76. The van der Waals surface area contributed by atoms with E-state index in [0.29, 0.717) is 26.1 Å². The van der Waals surface area contributed by atoms with Crippen molar-refractivity contribution in [1.82, 2.24) is 14.5 Å². The van der Waals surface area contributed by atoms with Crippen LogP contribution in [0, 0.1) is 5.82 Å². The highest BCUT2D eigenvalue weighted by atomic mass is 32.2. The predicted octanol–water partition coefficient (Wildman–Crippen LogP) is 3.11. The van der Waals surface area contributed by atoms with Crippen LogP contribution in [-0.2, 0) is 16.6 Å². The average Bonchev–Trinajstić information content (AvgIpc) is 2.72. The number of hydrogen-bond acceptors (Lipinski definition) is 4. The molecule has 0 spiro atoms. The fraction of sp³-hybridized carbons (Fsp3) is 0.409. The minimum Gasteiger partial charge on any atom is -0.352 e. The average molecular weight is 436 g/mol. The summed E-state index contributed by atoms with van der Waals surface area (Å²) in [7, 11) is -1.76. The second kappa shape index (κ2) is 11.2. The number of sulfonamides is 1. The SMILES string of the molecule is CCN(CC)S(=O)(=O)c1ccc(F)c(C(=O)NCCCN(C)Cc2ccccc2)c1. The Hall–Kier alpha value is -2.29. The number of rotatable bonds is 11. The molecule has 0 saturated carbocycles. The summed E-state index contributed by atoms with van der Waals surface area (Å²) >= 11 is 0. The summed E-state index contributed by atoms with van der Waals surface area (Å²) in [5, 5.41) is 2.68. The molecule has 0 aliphatic heterocycles. The lowest BCUT2D eigenvalue weighted by Crippen LogP contribution is -2.31. The molecule has 0 radical (unpaired) electrons. The van der Waals surface area contributed by atoms with Gasteiger partial charge in [-0.15, -0.1) is 0 Å². The van der Waals surface area contributed by atoms with Crippen molar-refractivity contribution in [2.24, 2.45) is 0 Å². The summed E-state index contributed by atoms with van der Waals surface area (Å²) in [5.41, 5.74) is 0.943. The maximum atomic E-state index is 14.2. The quantitative estimate of drug-likeness (QED) is 0.551. The molecule has 30 heavy (non-hydrogen) atoms. The van der Waals surface area contributed by atoms with Crippen LogP contribution in [0.2, 0.25) is 0 Å². The summed E-state index contributed by atoms with van der Waals surface area (Å²) in [5.74, 6) is -1.36. The molecule has 0 aliphatic rings. The third-order valence-electron chi connectivity index (χ3n) is 4.82. The Balaban J connectivity index is 1.93. The Labute approximate surface area is 178 Å². The molecule has 2 aromatic carbocycles. The van der Waals surface area contributed by atoms with Crippen molar-refractivity contribution in [2.45, 2.75) is 31.7 Å². The lowest BCUT2D eigenvalue weighted by Gasteiger charge is -2.19. The highest BCUT2D eigenvalue weighted by Crippen LogP contribution is 2.19. The van der Waals surface area contributed by atoms with Crippen molar-refractivity contribution in [3.8, 4) is 0 Å². The van der Waals surface area contributed by atoms with Crippen LogP contribution in [0.1, 0.15) is 36.2 Å². The van der Waals surface area contributed by atoms with Crippen LogP contribution in [0.5, 0.6) is 0 Å². The van der Waals surface area contributed by atoms with Crippen molar-refractivity contribution in [3.63, 3.8) is 0 Å². The topological polar surface area (TPSA) is 69.7 Å². The van der Waals surface area contributed by atoms with E-state index in [1.54, 1.807) is 13.8 Å². The molecule has 0 bridgehead atoms. The van der Waals surface area contributed by atoms with Gasteiger partial charge < -0.3 is 10.2 Å². The highest BCUT2D eigenvalue weighted by Gasteiger charge is 2.24. The van der Waals surface area contributed by atoms with E-state index in [2.05, 4.69) is 22.3 Å². The van der Waals surface area contributed by atoms with E-state index in [0.717, 1.165) is 25.2 Å². The van der Waals surface area contributed by atoms with E-state index in [1.807, 2.05) is 25.2 Å². The van der Waals surface area contributed by atoms with E-state index < -0.39 is 21.7 Å². The molecule has 0 fully saturated rings. The third kappa shape index (κ3) is 6.35. The molecular formula is C22H30FN3O3S. The van der Waals surface area contributed by atoms with Crippen molar-refractivity contribution in [2.75, 3.05) is 33.2 Å². The Morgan fingerprint density at radius 3 is 2.37 bits per heavy atom. The van der Waals surface area contributed by atoms with Crippen molar-refractivity contribution in [3.05, 3.63) is 65.5 Å². The maximum Gasteiger partial charge on any atom is 0.254 e. The predicted molar refractivity (Wildman–Crippen MR) is 116 cm³/mol. The number of carbonyl (C=O) groups excluding carboxylic acids is 1. The second-order valence-corrected chi connectivity index (χ2v) is 9.00. The molecule has 0 aliphatic carbocycles. The van der Waals surface area contributed by atoms with Crippen LogP contribution in [0.4, 0.5) is 4.39 Å². The van der Waals surface area contributed by atoms with Gasteiger partial charge >= 0.3 is 0 Å². The number of hydrogen-bond donors (Lipinski definition) is 1. The number of halogens is 1. The first-order valence-corrected chi connectivity index (χ1v) is 11.5. The monoisotopic (exact) mass is 435 g/mol. The standard InChI is InChI=1S/C22H30FN3O3S/c1-4-26(5-2)30(28,29)19-12-13-21(23)20(16-19)22(27)24-14-9-15-25(3)17-18-10-7-6-8-11-18/h6-8,10-13,16H,4-5,9,14-15,17H2,1-3H3,(H,24,27). The van der Waals surface area contributed by atoms with Crippen molar-refractivity contribution in [1.29, 1.82) is 0 Å². The maximum absolute atomic E-state index is 14.2. The number of nitrogens with zero attached hydrogens (tertiary/aromatic N) is 2. The van der Waals surface area contributed by atoms with Gasteiger partial charge in [-0.2, -0.15) is 4.31 Å². The molecule has 1 N–H and O–H groups in total. The van der Waals surface area contributed by atoms with Crippen LogP contribution in [0.15, 0.2) is 53.4 Å². The molecule has 164 valence electrons. The van der Waals surface area contributed by atoms with Gasteiger partial charge in [0.15, 0.2) is 0 Å². The lowest BCUT2D eigenvalue weighted by atomic mass is 10.2. The molecule has 0 atom stereocenters. The number of carbonyl (C=O) groups is 1. The zero-order chi connectivity index (χ0) is 22.1. The van der Waals surface area contributed by atoms with Gasteiger partial charge in [0.2, 0.25) is 10.0 Å². The fourth-order valence-corrected chi connectivity index (χ4v) is 4.66. The molecule has 8 heteroatoms. The van der Waals surface area contributed by atoms with E-state index >= 15 is 0 Å². The zero-order valence-corrected chi connectivity index (χ0v) is 18.6. The lowest BCUT2D eigenvalue weighted by molar-refractivity contribution is 0.0947. The van der Waals surface area contributed by atoms with Crippen LogP contribution in [0.3, 0.4) is 0 Å². The zero-order valence-electron chi connectivity index (χ0n) is 17.8. The Morgan fingerprint density at radius 2 is 1.73 bits per heavy atom. The second-order valence-electron chi connectivity index (χ2n) is 7.06. The normalized spacial score (nSPS) is 11.8. The van der Waals surface area contributed by atoms with Gasteiger partial charge in [-0.1, -0.05) is 44.2 Å². The van der Waals surface area contributed by atoms with Gasteiger partial charge in [0.1, 0.15) is 5.82 Å². The molecule has 2 rings (SSSR count). The minimum absolute atomic E-state index is 0.0830. The van der Waals surface area contributed by atoms with E-state index in [-0.39, 0.29) is 10.5 Å². The Bertz CT molecular complexity index is 932. The number of benzene rings is 2. The van der Waals surface area contributed by atoms with E-state index in [1.165, 1.54) is 15.9 Å². The van der Waals surface area contributed by atoms with Gasteiger partial charge in [0, 0.05) is 26.2 Å². The largest absolute Gasteiger partial charge is 0.352 e. The van der Waals surface area contributed by atoms with Gasteiger partial charge in [-0.25, -0.2) is 12.8 Å². The van der Waals surface area contributed by atoms with Crippen molar-refractivity contribution >= 4 is 15.9 Å². The summed E-state index contributed by atoms with van der Waals surface area (Å²) in [6.07, 6.45) is 0.689.